The molecule has 1 aromatic carbocycles. The van der Waals surface area contributed by atoms with Crippen molar-refractivity contribution < 1.29 is 4.79 Å². The van der Waals surface area contributed by atoms with Crippen molar-refractivity contribution in [2.45, 2.75) is 40.2 Å². The number of hydrogen-bond donors (Lipinski definition) is 2. The average Bonchev–Trinajstić information content (AvgIpc) is 3.08. The fourth-order valence-electron chi connectivity index (χ4n) is 2.81. The third-order valence-electron chi connectivity index (χ3n) is 3.87. The lowest BCUT2D eigenvalue weighted by molar-refractivity contribution is 0.0925. The van der Waals surface area contributed by atoms with E-state index in [4.69, 9.17) is 0 Å². The van der Waals surface area contributed by atoms with E-state index in [1.54, 1.807) is 11.3 Å². The summed E-state index contributed by atoms with van der Waals surface area (Å²) < 4.78 is 0. The van der Waals surface area contributed by atoms with Crippen LogP contribution in [0, 0.1) is 19.8 Å². The number of rotatable bonds is 5. The van der Waals surface area contributed by atoms with Gasteiger partial charge in [0.2, 0.25) is 0 Å². The van der Waals surface area contributed by atoms with E-state index in [1.165, 1.54) is 0 Å². The summed E-state index contributed by atoms with van der Waals surface area (Å²) >= 11 is 1.54. The lowest BCUT2D eigenvalue weighted by atomic mass is 10.0. The number of nitrogens with one attached hydrogen (secondary N) is 2. The van der Waals surface area contributed by atoms with Gasteiger partial charge in [-0.15, -0.1) is 11.3 Å². The molecule has 0 aliphatic carbocycles. The average molecular weight is 342 g/mol. The maximum atomic E-state index is 12.7. The molecule has 2 N–H and O–H groups in total. The number of thiazole rings is 1. The topological polar surface area (TPSA) is 70.7 Å². The van der Waals surface area contributed by atoms with Crippen LogP contribution in [0.15, 0.2) is 24.3 Å². The Bertz CT molecular complexity index is 832. The zero-order valence-electron chi connectivity index (χ0n) is 14.4. The van der Waals surface area contributed by atoms with Crippen LogP contribution in [0.2, 0.25) is 0 Å². The van der Waals surface area contributed by atoms with Crippen molar-refractivity contribution >= 4 is 28.3 Å². The minimum Gasteiger partial charge on any atom is -0.341 e. The summed E-state index contributed by atoms with van der Waals surface area (Å²) in [5, 5.41) is 4.01. The van der Waals surface area contributed by atoms with E-state index in [0.29, 0.717) is 11.6 Å². The molecular weight excluding hydrogens is 320 g/mol. The van der Waals surface area contributed by atoms with Gasteiger partial charge in [0.25, 0.3) is 5.91 Å². The number of para-hydroxylation sites is 2. The number of aromatic amines is 1. The van der Waals surface area contributed by atoms with Gasteiger partial charge in [0.05, 0.1) is 22.1 Å². The van der Waals surface area contributed by atoms with Crippen LogP contribution in [0.25, 0.3) is 11.0 Å². The lowest BCUT2D eigenvalue weighted by Crippen LogP contribution is -2.31. The zero-order valence-corrected chi connectivity index (χ0v) is 15.2. The maximum absolute atomic E-state index is 12.7. The highest BCUT2D eigenvalue weighted by Gasteiger charge is 2.22. The zero-order chi connectivity index (χ0) is 17.3. The van der Waals surface area contributed by atoms with Crippen LogP contribution in [-0.2, 0) is 0 Å². The predicted molar refractivity (Wildman–Crippen MR) is 97.3 cm³/mol. The first-order valence-corrected chi connectivity index (χ1v) is 8.95. The first-order chi connectivity index (χ1) is 11.4. The van der Waals surface area contributed by atoms with Crippen molar-refractivity contribution in [3.05, 3.63) is 45.7 Å². The fraction of sp³-hybridized carbons (Fsp3) is 0.389. The van der Waals surface area contributed by atoms with Gasteiger partial charge in [0.15, 0.2) is 0 Å². The number of amides is 1. The van der Waals surface area contributed by atoms with E-state index in [0.717, 1.165) is 33.2 Å². The van der Waals surface area contributed by atoms with Crippen LogP contribution in [0.4, 0.5) is 0 Å². The van der Waals surface area contributed by atoms with E-state index < -0.39 is 0 Å². The molecule has 3 aromatic rings. The third kappa shape index (κ3) is 3.48. The van der Waals surface area contributed by atoms with Crippen LogP contribution >= 0.6 is 11.3 Å². The molecule has 0 fully saturated rings. The Kier molecular flexibility index (Phi) is 4.66. The number of hydrogen-bond acceptors (Lipinski definition) is 4. The predicted octanol–water partition coefficient (Wildman–Crippen LogP) is 4.15. The number of carbonyl (C=O) groups excluding carboxylic acids is 1. The monoisotopic (exact) mass is 342 g/mol. The number of aromatic nitrogens is 3. The molecule has 1 amide bonds. The van der Waals surface area contributed by atoms with Gasteiger partial charge in [-0.3, -0.25) is 4.79 Å². The van der Waals surface area contributed by atoms with Crippen LogP contribution in [0.1, 0.15) is 52.5 Å². The quantitative estimate of drug-likeness (QED) is 0.731. The molecule has 0 aliphatic heterocycles. The molecule has 0 saturated heterocycles. The van der Waals surface area contributed by atoms with Crippen molar-refractivity contribution in [1.82, 2.24) is 20.3 Å². The van der Waals surface area contributed by atoms with Crippen molar-refractivity contribution in [3.63, 3.8) is 0 Å². The molecule has 0 aliphatic rings. The molecule has 0 spiro atoms. The summed E-state index contributed by atoms with van der Waals surface area (Å²) in [5.41, 5.74) is 2.41. The van der Waals surface area contributed by atoms with Crippen LogP contribution < -0.4 is 5.32 Å². The molecule has 0 saturated carbocycles. The molecule has 0 radical (unpaired) electrons. The molecule has 126 valence electrons. The smallest absolute Gasteiger partial charge is 0.271 e. The molecule has 0 bridgehead atoms. The number of nitrogens with zero attached hydrogens (tertiary/aromatic N) is 2. The Balaban J connectivity index is 1.88. The van der Waals surface area contributed by atoms with Gasteiger partial charge in [-0.1, -0.05) is 26.0 Å². The van der Waals surface area contributed by atoms with Crippen molar-refractivity contribution in [2.75, 3.05) is 0 Å². The maximum Gasteiger partial charge on any atom is 0.271 e. The van der Waals surface area contributed by atoms with Crippen LogP contribution in [-0.4, -0.2) is 20.9 Å². The first-order valence-electron chi connectivity index (χ1n) is 8.13. The van der Waals surface area contributed by atoms with Crippen LogP contribution in [0.3, 0.4) is 0 Å². The summed E-state index contributed by atoms with van der Waals surface area (Å²) in [6.45, 7) is 8.12. The third-order valence-corrected chi connectivity index (χ3v) is 4.76. The van der Waals surface area contributed by atoms with E-state index in [9.17, 15) is 4.79 Å². The van der Waals surface area contributed by atoms with E-state index >= 15 is 0 Å². The SMILES string of the molecule is Cc1nc(C(=O)N[C@@H](CC(C)C)c2nc3ccccc3[nH]2)c(C)s1. The highest BCUT2D eigenvalue weighted by atomic mass is 32.1. The molecule has 0 unspecified atom stereocenters. The Morgan fingerprint density at radius 3 is 2.62 bits per heavy atom. The molecule has 6 heteroatoms. The Hall–Kier alpha value is -2.21. The normalized spacial score (nSPS) is 12.7. The summed E-state index contributed by atoms with van der Waals surface area (Å²) in [6.07, 6.45) is 0.813. The molecule has 24 heavy (non-hydrogen) atoms. The summed E-state index contributed by atoms with van der Waals surface area (Å²) in [7, 11) is 0. The summed E-state index contributed by atoms with van der Waals surface area (Å²) in [4.78, 5) is 25.9. The summed E-state index contributed by atoms with van der Waals surface area (Å²) in [6, 6.07) is 7.74. The molecular formula is C18H22N4OS. The van der Waals surface area contributed by atoms with Gasteiger partial charge in [-0.25, -0.2) is 9.97 Å². The number of carbonyl (C=O) groups is 1. The van der Waals surface area contributed by atoms with Crippen molar-refractivity contribution in [1.29, 1.82) is 0 Å². The minimum absolute atomic E-state index is 0.136. The van der Waals surface area contributed by atoms with Gasteiger partial charge in [0.1, 0.15) is 11.5 Å². The van der Waals surface area contributed by atoms with E-state index in [-0.39, 0.29) is 11.9 Å². The van der Waals surface area contributed by atoms with Gasteiger partial charge in [-0.2, -0.15) is 0 Å². The summed E-state index contributed by atoms with van der Waals surface area (Å²) in [5.74, 6) is 1.09. The Morgan fingerprint density at radius 2 is 2.00 bits per heavy atom. The lowest BCUT2D eigenvalue weighted by Gasteiger charge is -2.18. The highest BCUT2D eigenvalue weighted by molar-refractivity contribution is 7.11. The van der Waals surface area contributed by atoms with E-state index in [1.807, 2.05) is 38.1 Å². The van der Waals surface area contributed by atoms with Gasteiger partial charge >= 0.3 is 0 Å². The Morgan fingerprint density at radius 1 is 1.25 bits per heavy atom. The second kappa shape index (κ2) is 6.73. The second-order valence-electron chi connectivity index (χ2n) is 6.43. The molecule has 2 heterocycles. The van der Waals surface area contributed by atoms with Crippen molar-refractivity contribution in [2.24, 2.45) is 5.92 Å². The molecule has 3 rings (SSSR count). The Labute approximate surface area is 145 Å². The minimum atomic E-state index is -0.161. The van der Waals surface area contributed by atoms with E-state index in [2.05, 4.69) is 34.1 Å². The van der Waals surface area contributed by atoms with Gasteiger partial charge in [-0.05, 0) is 38.3 Å². The number of benzene rings is 1. The standard InChI is InChI=1S/C18H22N4OS/c1-10(2)9-15(17-20-13-7-5-6-8-14(13)21-17)22-18(23)16-11(3)24-12(4)19-16/h5-8,10,15H,9H2,1-4H3,(H,20,21)(H,22,23)/t15-/m0/s1. The number of H-pyrrole nitrogens is 1. The first kappa shape index (κ1) is 16.6. The van der Waals surface area contributed by atoms with Gasteiger partial charge < -0.3 is 10.3 Å². The van der Waals surface area contributed by atoms with Gasteiger partial charge in [0, 0.05) is 4.88 Å². The highest BCUT2D eigenvalue weighted by Crippen LogP contribution is 2.23. The van der Waals surface area contributed by atoms with Crippen LogP contribution in [0.5, 0.6) is 0 Å². The fourth-order valence-corrected chi connectivity index (χ4v) is 3.63. The number of fused-ring (bicyclic) bond motifs is 1. The second-order valence-corrected chi connectivity index (χ2v) is 7.84. The number of aryl methyl sites for hydroxylation is 2. The molecule has 2 aromatic heterocycles. The molecule has 5 nitrogen and oxygen atoms in total. The molecule has 1 atom stereocenters. The van der Waals surface area contributed by atoms with Crippen molar-refractivity contribution in [3.8, 4) is 0 Å². The largest absolute Gasteiger partial charge is 0.341 e. The number of imidazole rings is 1.